The zero-order valence-corrected chi connectivity index (χ0v) is 11.3. The molecule has 0 saturated heterocycles. The molecule has 4 heteroatoms. The molecule has 1 aliphatic rings. The maximum atomic E-state index is 10.9. The van der Waals surface area contributed by atoms with Gasteiger partial charge in [0.2, 0.25) is 0 Å². The van der Waals surface area contributed by atoms with Crippen LogP contribution in [0.25, 0.3) is 0 Å². The molecule has 0 bridgehead atoms. The second kappa shape index (κ2) is 3.90. The van der Waals surface area contributed by atoms with E-state index in [2.05, 4.69) is 33.9 Å². The Hall–Kier alpha value is -0.353. The van der Waals surface area contributed by atoms with Crippen LogP contribution in [0.5, 0.6) is 0 Å². The lowest BCUT2D eigenvalue weighted by Crippen LogP contribution is -2.50. The minimum absolute atomic E-state index is 0.0385. The second-order valence-corrected chi connectivity index (χ2v) is 10.7. The van der Waals surface area contributed by atoms with Crippen LogP contribution in [-0.4, -0.2) is 25.5 Å². The molecule has 0 unspecified atom stereocenters. The first kappa shape index (κ1) is 12.7. The van der Waals surface area contributed by atoms with Crippen molar-refractivity contribution in [2.24, 2.45) is 5.92 Å². The van der Waals surface area contributed by atoms with Crippen LogP contribution >= 0.6 is 0 Å². The maximum absolute atomic E-state index is 10.9. The van der Waals surface area contributed by atoms with E-state index < -0.39 is 14.3 Å². The van der Waals surface area contributed by atoms with Crippen molar-refractivity contribution in [2.75, 3.05) is 0 Å². The number of carboxylic acids is 1. The van der Waals surface area contributed by atoms with Gasteiger partial charge in [-0.3, -0.25) is 4.79 Å². The Bertz CT molecular complexity index is 255. The van der Waals surface area contributed by atoms with E-state index in [0.29, 0.717) is 0 Å². The van der Waals surface area contributed by atoms with Gasteiger partial charge in [-0.2, -0.15) is 0 Å². The third kappa shape index (κ3) is 2.61. The van der Waals surface area contributed by atoms with Crippen molar-refractivity contribution in [1.82, 2.24) is 0 Å². The normalized spacial score (nSPS) is 27.3. The number of carbonyl (C=O) groups is 1. The second-order valence-electron chi connectivity index (χ2n) is 5.94. The third-order valence-corrected chi connectivity index (χ3v) is 8.28. The molecule has 0 amide bonds. The Balaban J connectivity index is 2.59. The molecule has 1 aliphatic carbocycles. The van der Waals surface area contributed by atoms with E-state index in [-0.39, 0.29) is 17.1 Å². The first-order valence-corrected chi connectivity index (χ1v) is 8.46. The van der Waals surface area contributed by atoms with Crippen molar-refractivity contribution < 1.29 is 14.3 Å². The Kier molecular flexibility index (Phi) is 3.31. The summed E-state index contributed by atoms with van der Waals surface area (Å²) < 4.78 is 6.07. The predicted octanol–water partition coefficient (Wildman–Crippen LogP) is 2.87. The van der Waals surface area contributed by atoms with E-state index in [9.17, 15) is 4.79 Å². The van der Waals surface area contributed by atoms with E-state index >= 15 is 0 Å². The highest BCUT2D eigenvalue weighted by molar-refractivity contribution is 6.74. The molecule has 3 nitrogen and oxygen atoms in total. The summed E-state index contributed by atoms with van der Waals surface area (Å²) in [5, 5.41) is 9.10. The Labute approximate surface area is 93.0 Å². The lowest BCUT2D eigenvalue weighted by Gasteiger charge is -2.44. The number of carboxylic acid groups (broad SMARTS) is 1. The van der Waals surface area contributed by atoms with Crippen LogP contribution in [0.3, 0.4) is 0 Å². The SMILES string of the molecule is CC(C)(C)[Si](C)(C)O[C@@H]1CC[C@@H]1C(=O)O. The largest absolute Gasteiger partial charge is 0.481 e. The lowest BCUT2D eigenvalue weighted by molar-refractivity contribution is -0.150. The molecular weight excluding hydrogens is 208 g/mol. The van der Waals surface area contributed by atoms with Gasteiger partial charge in [0.25, 0.3) is 0 Å². The van der Waals surface area contributed by atoms with Crippen LogP contribution in [0, 0.1) is 5.92 Å². The van der Waals surface area contributed by atoms with Crippen molar-refractivity contribution in [3.8, 4) is 0 Å². The average Bonchev–Trinajstić information content (AvgIpc) is 1.94. The zero-order chi connectivity index (χ0) is 11.9. The summed E-state index contributed by atoms with van der Waals surface area (Å²) in [7, 11) is -1.79. The first-order valence-electron chi connectivity index (χ1n) is 5.56. The first-order chi connectivity index (χ1) is 6.65. The van der Waals surface area contributed by atoms with Gasteiger partial charge in [-0.1, -0.05) is 20.8 Å². The molecule has 1 saturated carbocycles. The highest BCUT2D eigenvalue weighted by atomic mass is 28.4. The average molecular weight is 230 g/mol. The lowest BCUT2D eigenvalue weighted by atomic mass is 9.82. The number of hydrogen-bond acceptors (Lipinski definition) is 2. The molecule has 1 N–H and O–H groups in total. The summed E-state index contributed by atoms with van der Waals surface area (Å²) in [4.78, 5) is 10.9. The fourth-order valence-corrected chi connectivity index (χ4v) is 2.84. The van der Waals surface area contributed by atoms with E-state index in [1.807, 2.05) is 0 Å². The van der Waals surface area contributed by atoms with Crippen LogP contribution < -0.4 is 0 Å². The fraction of sp³-hybridized carbons (Fsp3) is 0.909. The van der Waals surface area contributed by atoms with E-state index in [0.717, 1.165) is 12.8 Å². The molecular formula is C11H22O3Si. The van der Waals surface area contributed by atoms with Gasteiger partial charge in [0.1, 0.15) is 0 Å². The van der Waals surface area contributed by atoms with Crippen LogP contribution in [0.2, 0.25) is 18.1 Å². The van der Waals surface area contributed by atoms with Gasteiger partial charge in [0, 0.05) is 0 Å². The molecule has 2 atom stereocenters. The van der Waals surface area contributed by atoms with Crippen molar-refractivity contribution in [1.29, 1.82) is 0 Å². The van der Waals surface area contributed by atoms with Gasteiger partial charge >= 0.3 is 5.97 Å². The molecule has 0 spiro atoms. The van der Waals surface area contributed by atoms with Crippen molar-refractivity contribution >= 4 is 14.3 Å². The minimum Gasteiger partial charge on any atom is -0.481 e. The number of hydrogen-bond donors (Lipinski definition) is 1. The van der Waals surface area contributed by atoms with Gasteiger partial charge in [-0.15, -0.1) is 0 Å². The van der Waals surface area contributed by atoms with Gasteiger partial charge in [0.15, 0.2) is 8.32 Å². The molecule has 0 aromatic heterocycles. The molecule has 0 heterocycles. The summed E-state index contributed by atoms with van der Waals surface area (Å²) >= 11 is 0. The van der Waals surface area contributed by atoms with Gasteiger partial charge < -0.3 is 9.53 Å². The molecule has 1 rings (SSSR count). The molecule has 88 valence electrons. The summed E-state index contributed by atoms with van der Waals surface area (Å²) in [5.74, 6) is -0.968. The standard InChI is InChI=1S/C11H22O3Si/c1-11(2,3)15(4,5)14-9-7-6-8(9)10(12)13/h8-9H,6-7H2,1-5H3,(H,12,13)/t8-,9+/m0/s1. The van der Waals surface area contributed by atoms with Crippen molar-refractivity contribution in [2.45, 2.75) is 57.8 Å². The van der Waals surface area contributed by atoms with Crippen LogP contribution in [0.15, 0.2) is 0 Å². The molecule has 0 aliphatic heterocycles. The van der Waals surface area contributed by atoms with Crippen molar-refractivity contribution in [3.05, 3.63) is 0 Å². The van der Waals surface area contributed by atoms with E-state index in [1.165, 1.54) is 0 Å². The topological polar surface area (TPSA) is 46.5 Å². The van der Waals surface area contributed by atoms with Crippen LogP contribution in [0.1, 0.15) is 33.6 Å². The quantitative estimate of drug-likeness (QED) is 0.758. The Morgan fingerprint density at radius 3 is 2.13 bits per heavy atom. The summed E-state index contributed by atoms with van der Waals surface area (Å²) in [6.45, 7) is 10.9. The predicted molar refractivity (Wildman–Crippen MR) is 62.4 cm³/mol. The highest BCUT2D eigenvalue weighted by Crippen LogP contribution is 2.41. The summed E-state index contributed by atoms with van der Waals surface area (Å²) in [6.07, 6.45) is 1.64. The monoisotopic (exact) mass is 230 g/mol. The minimum atomic E-state index is -1.79. The van der Waals surface area contributed by atoms with Gasteiger partial charge in [-0.25, -0.2) is 0 Å². The smallest absolute Gasteiger partial charge is 0.309 e. The van der Waals surface area contributed by atoms with Gasteiger partial charge in [-0.05, 0) is 31.0 Å². The highest BCUT2D eigenvalue weighted by Gasteiger charge is 2.45. The van der Waals surface area contributed by atoms with Crippen LogP contribution in [-0.2, 0) is 9.22 Å². The van der Waals surface area contributed by atoms with Gasteiger partial charge in [0.05, 0.1) is 12.0 Å². The molecule has 0 aromatic rings. The van der Waals surface area contributed by atoms with Crippen LogP contribution in [0.4, 0.5) is 0 Å². The van der Waals surface area contributed by atoms with E-state index in [1.54, 1.807) is 0 Å². The molecule has 1 fully saturated rings. The summed E-state index contributed by atoms with van der Waals surface area (Å²) in [5.41, 5.74) is 0. The Morgan fingerprint density at radius 1 is 1.33 bits per heavy atom. The Morgan fingerprint density at radius 2 is 1.87 bits per heavy atom. The number of rotatable bonds is 3. The summed E-state index contributed by atoms with van der Waals surface area (Å²) in [6, 6.07) is 0. The third-order valence-electron chi connectivity index (χ3n) is 3.78. The number of aliphatic carboxylic acids is 1. The molecule has 15 heavy (non-hydrogen) atoms. The molecule has 0 radical (unpaired) electrons. The van der Waals surface area contributed by atoms with E-state index in [4.69, 9.17) is 9.53 Å². The fourth-order valence-electron chi connectivity index (χ4n) is 1.45. The maximum Gasteiger partial charge on any atom is 0.309 e. The zero-order valence-electron chi connectivity index (χ0n) is 10.3. The van der Waals surface area contributed by atoms with Crippen molar-refractivity contribution in [3.63, 3.8) is 0 Å². The molecule has 0 aromatic carbocycles.